The molecule has 3 nitrogen and oxygen atoms in total. The van der Waals surface area contributed by atoms with Gasteiger partial charge in [0.15, 0.2) is 0 Å². The molecule has 0 radical (unpaired) electrons. The predicted octanol–water partition coefficient (Wildman–Crippen LogP) is 4.24. The molecule has 0 N–H and O–H groups in total. The molecular formula is C18H16O3. The summed E-state index contributed by atoms with van der Waals surface area (Å²) in [5.41, 5.74) is 2.91. The van der Waals surface area contributed by atoms with E-state index >= 15 is 0 Å². The molecule has 2 aromatic rings. The SMILES string of the molecule is COC(=O)C(C)c1ccc2c(c1)C=Cc1ccccc1O2. The van der Waals surface area contributed by atoms with Crippen molar-refractivity contribution in [3.05, 3.63) is 59.2 Å². The number of fused-ring (bicyclic) bond motifs is 2. The molecule has 106 valence electrons. The lowest BCUT2D eigenvalue weighted by Gasteiger charge is -2.13. The quantitative estimate of drug-likeness (QED) is 0.659. The zero-order valence-corrected chi connectivity index (χ0v) is 12.0. The van der Waals surface area contributed by atoms with Crippen molar-refractivity contribution in [1.29, 1.82) is 0 Å². The lowest BCUT2D eigenvalue weighted by atomic mass is 9.98. The Morgan fingerprint density at radius 3 is 2.57 bits per heavy atom. The van der Waals surface area contributed by atoms with Gasteiger partial charge in [-0.05, 0) is 30.7 Å². The van der Waals surface area contributed by atoms with E-state index in [1.54, 1.807) is 0 Å². The van der Waals surface area contributed by atoms with E-state index in [4.69, 9.17) is 9.47 Å². The standard InChI is InChI=1S/C18H16O3/c1-12(18(19)20-2)14-9-10-17-15(11-14)8-7-13-5-3-4-6-16(13)21-17/h3-12H,1-2H3. The first kappa shape index (κ1) is 13.4. The van der Waals surface area contributed by atoms with E-state index < -0.39 is 0 Å². The van der Waals surface area contributed by atoms with Gasteiger partial charge in [0, 0.05) is 11.1 Å². The summed E-state index contributed by atoms with van der Waals surface area (Å²) < 4.78 is 10.7. The first-order valence-electron chi connectivity index (χ1n) is 6.86. The number of ether oxygens (including phenoxy) is 2. The van der Waals surface area contributed by atoms with Crippen molar-refractivity contribution in [3.8, 4) is 11.5 Å². The molecule has 1 heterocycles. The predicted molar refractivity (Wildman–Crippen MR) is 82.3 cm³/mol. The molecule has 0 bridgehead atoms. The molecule has 3 heteroatoms. The van der Waals surface area contributed by atoms with Gasteiger partial charge in [-0.2, -0.15) is 0 Å². The number of hydrogen-bond acceptors (Lipinski definition) is 3. The Morgan fingerprint density at radius 2 is 1.76 bits per heavy atom. The zero-order valence-electron chi connectivity index (χ0n) is 12.0. The third-order valence-electron chi connectivity index (χ3n) is 3.67. The number of carbonyl (C=O) groups excluding carboxylic acids is 1. The molecule has 0 fully saturated rings. The Morgan fingerprint density at radius 1 is 1.05 bits per heavy atom. The molecule has 0 saturated heterocycles. The van der Waals surface area contributed by atoms with Gasteiger partial charge in [0.2, 0.25) is 0 Å². The molecular weight excluding hydrogens is 264 g/mol. The Balaban J connectivity index is 1.99. The Bertz CT molecular complexity index is 716. The second kappa shape index (κ2) is 5.44. The summed E-state index contributed by atoms with van der Waals surface area (Å²) in [4.78, 5) is 11.7. The van der Waals surface area contributed by atoms with E-state index in [1.807, 2.05) is 61.5 Å². The fraction of sp³-hybridized carbons (Fsp3) is 0.167. The fourth-order valence-corrected chi connectivity index (χ4v) is 2.38. The minimum atomic E-state index is -0.292. The van der Waals surface area contributed by atoms with Crippen molar-refractivity contribution in [1.82, 2.24) is 0 Å². The van der Waals surface area contributed by atoms with Crippen molar-refractivity contribution in [3.63, 3.8) is 0 Å². The highest BCUT2D eigenvalue weighted by molar-refractivity contribution is 5.80. The number of para-hydroxylation sites is 1. The summed E-state index contributed by atoms with van der Waals surface area (Å²) in [6.45, 7) is 1.84. The number of carbonyl (C=O) groups is 1. The Kier molecular flexibility index (Phi) is 3.48. The second-order valence-corrected chi connectivity index (χ2v) is 5.02. The molecule has 1 aliphatic heterocycles. The first-order valence-corrected chi connectivity index (χ1v) is 6.86. The van der Waals surface area contributed by atoms with Crippen molar-refractivity contribution in [2.75, 3.05) is 7.11 Å². The molecule has 0 aliphatic carbocycles. The van der Waals surface area contributed by atoms with Gasteiger partial charge in [-0.15, -0.1) is 0 Å². The highest BCUT2D eigenvalue weighted by Gasteiger charge is 2.18. The number of methoxy groups -OCH3 is 1. The van der Waals surface area contributed by atoms with Crippen molar-refractivity contribution in [2.24, 2.45) is 0 Å². The summed E-state index contributed by atoms with van der Waals surface area (Å²) in [7, 11) is 1.40. The molecule has 0 aromatic heterocycles. The highest BCUT2D eigenvalue weighted by atomic mass is 16.5. The topological polar surface area (TPSA) is 35.5 Å². The van der Waals surface area contributed by atoms with Gasteiger partial charge in [-0.25, -0.2) is 0 Å². The monoisotopic (exact) mass is 280 g/mol. The van der Waals surface area contributed by atoms with Crippen LogP contribution in [0.3, 0.4) is 0 Å². The largest absolute Gasteiger partial charge is 0.469 e. The lowest BCUT2D eigenvalue weighted by Crippen LogP contribution is -2.10. The normalized spacial score (nSPS) is 13.4. The molecule has 3 rings (SSSR count). The number of benzene rings is 2. The summed E-state index contributed by atoms with van der Waals surface area (Å²) in [6.07, 6.45) is 4.03. The lowest BCUT2D eigenvalue weighted by molar-refractivity contribution is -0.141. The minimum absolute atomic E-state index is 0.239. The van der Waals surface area contributed by atoms with Crippen LogP contribution < -0.4 is 4.74 Å². The maximum Gasteiger partial charge on any atom is 0.312 e. The molecule has 2 aromatic carbocycles. The first-order chi connectivity index (χ1) is 10.2. The molecule has 21 heavy (non-hydrogen) atoms. The third-order valence-corrected chi connectivity index (χ3v) is 3.67. The maximum atomic E-state index is 11.7. The average molecular weight is 280 g/mol. The van der Waals surface area contributed by atoms with Crippen LogP contribution in [0.5, 0.6) is 11.5 Å². The summed E-state index contributed by atoms with van der Waals surface area (Å²) in [5.74, 6) is 1.09. The highest BCUT2D eigenvalue weighted by Crippen LogP contribution is 2.35. The third kappa shape index (κ3) is 2.55. The number of rotatable bonds is 2. The zero-order chi connectivity index (χ0) is 14.8. The minimum Gasteiger partial charge on any atom is -0.469 e. The van der Waals surface area contributed by atoms with Crippen LogP contribution in [0.25, 0.3) is 12.2 Å². The molecule has 1 atom stereocenters. The maximum absolute atomic E-state index is 11.7. The van der Waals surface area contributed by atoms with Gasteiger partial charge in [0.1, 0.15) is 11.5 Å². The molecule has 1 unspecified atom stereocenters. The number of hydrogen-bond donors (Lipinski definition) is 0. The van der Waals surface area contributed by atoms with E-state index in [0.29, 0.717) is 0 Å². The van der Waals surface area contributed by atoms with Gasteiger partial charge in [0.05, 0.1) is 13.0 Å². The molecule has 0 spiro atoms. The number of esters is 1. The van der Waals surface area contributed by atoms with Gasteiger partial charge < -0.3 is 9.47 Å². The van der Waals surface area contributed by atoms with E-state index in [2.05, 4.69) is 0 Å². The Labute approximate surface area is 123 Å². The van der Waals surface area contributed by atoms with E-state index in [0.717, 1.165) is 28.2 Å². The van der Waals surface area contributed by atoms with Crippen LogP contribution in [0, 0.1) is 0 Å². The summed E-state index contributed by atoms with van der Waals surface area (Å²) in [6, 6.07) is 13.7. The summed E-state index contributed by atoms with van der Waals surface area (Å²) >= 11 is 0. The Hall–Kier alpha value is -2.55. The van der Waals surface area contributed by atoms with Crippen LogP contribution in [0.1, 0.15) is 29.5 Å². The van der Waals surface area contributed by atoms with Crippen molar-refractivity contribution < 1.29 is 14.3 Å². The summed E-state index contributed by atoms with van der Waals surface area (Å²) in [5, 5.41) is 0. The van der Waals surface area contributed by atoms with Crippen LogP contribution in [0.4, 0.5) is 0 Å². The van der Waals surface area contributed by atoms with E-state index in [9.17, 15) is 4.79 Å². The molecule has 1 aliphatic rings. The average Bonchev–Trinajstić information content (AvgIpc) is 2.71. The van der Waals surface area contributed by atoms with Gasteiger partial charge in [-0.1, -0.05) is 36.4 Å². The fourth-order valence-electron chi connectivity index (χ4n) is 2.38. The van der Waals surface area contributed by atoms with Gasteiger partial charge in [-0.3, -0.25) is 4.79 Å². The van der Waals surface area contributed by atoms with Crippen molar-refractivity contribution >= 4 is 18.1 Å². The van der Waals surface area contributed by atoms with Crippen molar-refractivity contribution in [2.45, 2.75) is 12.8 Å². The molecule has 0 amide bonds. The molecule has 0 saturated carbocycles. The van der Waals surface area contributed by atoms with Crippen LogP contribution >= 0.6 is 0 Å². The van der Waals surface area contributed by atoms with E-state index in [-0.39, 0.29) is 11.9 Å². The van der Waals surface area contributed by atoms with Crippen LogP contribution in [-0.4, -0.2) is 13.1 Å². The smallest absolute Gasteiger partial charge is 0.312 e. The van der Waals surface area contributed by atoms with Gasteiger partial charge in [0.25, 0.3) is 0 Å². The van der Waals surface area contributed by atoms with Crippen LogP contribution in [0.2, 0.25) is 0 Å². The van der Waals surface area contributed by atoms with Crippen LogP contribution in [-0.2, 0) is 9.53 Å². The van der Waals surface area contributed by atoms with Crippen LogP contribution in [0.15, 0.2) is 42.5 Å². The second-order valence-electron chi connectivity index (χ2n) is 5.02. The van der Waals surface area contributed by atoms with Gasteiger partial charge >= 0.3 is 5.97 Å². The van der Waals surface area contributed by atoms with E-state index in [1.165, 1.54) is 7.11 Å².